The number of amides is 1. The van der Waals surface area contributed by atoms with Crippen LogP contribution in [-0.4, -0.2) is 39.7 Å². The van der Waals surface area contributed by atoms with Gasteiger partial charge >= 0.3 is 6.09 Å². The van der Waals surface area contributed by atoms with Crippen LogP contribution < -0.4 is 5.32 Å². The molecule has 6 rings (SSSR count). The second-order valence-corrected chi connectivity index (χ2v) is 8.29. The highest BCUT2D eigenvalue weighted by molar-refractivity contribution is 5.92. The van der Waals surface area contributed by atoms with Crippen LogP contribution in [0, 0.1) is 17.7 Å². The normalized spacial score (nSPS) is 31.7. The fourth-order valence-electron chi connectivity index (χ4n) is 4.51. The molecule has 2 aromatic rings. The van der Waals surface area contributed by atoms with Gasteiger partial charge in [0.2, 0.25) is 0 Å². The summed E-state index contributed by atoms with van der Waals surface area (Å²) in [5.74, 6) is 0.668. The Morgan fingerprint density at radius 1 is 1.40 bits per heavy atom. The number of carbonyl (C=O) groups is 1. The minimum atomic E-state index is -0.487. The summed E-state index contributed by atoms with van der Waals surface area (Å²) in [5.41, 5.74) is 1.10. The number of rotatable bonds is 2. The molecule has 25 heavy (non-hydrogen) atoms. The van der Waals surface area contributed by atoms with E-state index in [-0.39, 0.29) is 23.5 Å². The first-order valence-electron chi connectivity index (χ1n) is 8.63. The average molecular weight is 341 g/mol. The fourth-order valence-corrected chi connectivity index (χ4v) is 4.51. The molecule has 4 unspecified atom stereocenters. The molecule has 4 fully saturated rings. The van der Waals surface area contributed by atoms with Crippen molar-refractivity contribution < 1.29 is 13.9 Å². The number of aromatic nitrogens is 1. The highest BCUT2D eigenvalue weighted by Gasteiger charge is 2.94. The number of halogens is 1. The molecule has 0 radical (unpaired) electrons. The lowest BCUT2D eigenvalue weighted by molar-refractivity contribution is 0.0279. The number of pyridine rings is 1. The van der Waals surface area contributed by atoms with Crippen LogP contribution in [0.5, 0.6) is 0 Å². The summed E-state index contributed by atoms with van der Waals surface area (Å²) >= 11 is 0. The first kappa shape index (κ1) is 14.9. The first-order valence-corrected chi connectivity index (χ1v) is 8.63. The number of hydrogen-bond donors (Lipinski definition) is 1. The van der Waals surface area contributed by atoms with E-state index in [9.17, 15) is 9.18 Å². The summed E-state index contributed by atoms with van der Waals surface area (Å²) in [5, 5.41) is 4.37. The number of nitrogens with zero attached hydrogens (tertiary/aromatic N) is 2. The number of carbonyl (C=O) groups excluding carboxylic acids is 1. The van der Waals surface area contributed by atoms with Crippen LogP contribution in [-0.2, 0) is 4.74 Å². The topological polar surface area (TPSA) is 54.5 Å². The van der Waals surface area contributed by atoms with E-state index in [1.165, 1.54) is 12.1 Å². The van der Waals surface area contributed by atoms with Gasteiger partial charge in [0.05, 0.1) is 17.1 Å². The van der Waals surface area contributed by atoms with E-state index in [4.69, 9.17) is 4.74 Å². The number of fused-ring (bicyclic) bond motifs is 2. The van der Waals surface area contributed by atoms with Crippen molar-refractivity contribution in [2.75, 3.05) is 11.9 Å². The molecule has 2 saturated heterocycles. The lowest BCUT2D eigenvalue weighted by Gasteiger charge is -2.24. The van der Waals surface area contributed by atoms with E-state index in [0.717, 1.165) is 23.1 Å². The van der Waals surface area contributed by atoms with Crippen molar-refractivity contribution in [3.8, 4) is 0 Å². The molecule has 1 aromatic heterocycles. The second kappa shape index (κ2) is 4.42. The largest absolute Gasteiger partial charge is 0.444 e. The van der Waals surface area contributed by atoms with Crippen LogP contribution in [0.4, 0.5) is 14.9 Å². The molecule has 5 nitrogen and oxygen atoms in total. The van der Waals surface area contributed by atoms with Crippen molar-refractivity contribution in [3.63, 3.8) is 0 Å². The number of nitrogens with one attached hydrogen (secondary N) is 1. The Morgan fingerprint density at radius 2 is 2.20 bits per heavy atom. The fraction of sp³-hybridized carbons (Fsp3) is 0.474. The molecule has 0 spiro atoms. The van der Waals surface area contributed by atoms with E-state index < -0.39 is 5.60 Å². The van der Waals surface area contributed by atoms with E-state index in [1.54, 1.807) is 12.3 Å². The SMILES string of the molecule is CC(C)(C)OC(=O)N1CC2C3C1C23Nc1ccnc2ccc(F)cc12. The summed E-state index contributed by atoms with van der Waals surface area (Å²) in [6, 6.07) is 6.68. The molecular formula is C19H20FN3O2. The molecule has 2 bridgehead atoms. The van der Waals surface area contributed by atoms with E-state index in [2.05, 4.69) is 10.3 Å². The van der Waals surface area contributed by atoms with Crippen LogP contribution >= 0.6 is 0 Å². The molecule has 130 valence electrons. The van der Waals surface area contributed by atoms with E-state index in [1.807, 2.05) is 31.7 Å². The van der Waals surface area contributed by atoms with E-state index >= 15 is 0 Å². The number of benzene rings is 1. The third-order valence-electron chi connectivity index (χ3n) is 5.62. The van der Waals surface area contributed by atoms with Gasteiger partial charge in [-0.1, -0.05) is 0 Å². The summed E-state index contributed by atoms with van der Waals surface area (Å²) in [4.78, 5) is 18.5. The van der Waals surface area contributed by atoms with Crippen LogP contribution in [0.1, 0.15) is 20.8 Å². The Kier molecular flexibility index (Phi) is 2.64. The third kappa shape index (κ3) is 2.00. The highest BCUT2D eigenvalue weighted by Crippen LogP contribution is 2.79. The van der Waals surface area contributed by atoms with Gasteiger partial charge in [0, 0.05) is 35.7 Å². The summed E-state index contributed by atoms with van der Waals surface area (Å²) in [7, 11) is 0. The number of piperidine rings is 1. The zero-order valence-corrected chi connectivity index (χ0v) is 14.4. The van der Waals surface area contributed by atoms with Crippen molar-refractivity contribution in [3.05, 3.63) is 36.3 Å². The maximum Gasteiger partial charge on any atom is 0.410 e. The standard InChI is InChI=1S/C19H20FN3O2/c1-18(2,3)25-17(24)23-9-12-15-16(23)19(12,15)22-14-6-7-21-13-5-4-10(20)8-11(13)14/h4-8,12,15-16H,9H2,1-3H3,(H,21,22). The molecule has 4 atom stereocenters. The third-order valence-corrected chi connectivity index (χ3v) is 5.62. The molecule has 2 saturated carbocycles. The Balaban J connectivity index is 1.39. The molecule has 1 aromatic carbocycles. The summed E-state index contributed by atoms with van der Waals surface area (Å²) in [6.07, 6.45) is 1.49. The van der Waals surface area contributed by atoms with Crippen molar-refractivity contribution in [1.29, 1.82) is 0 Å². The van der Waals surface area contributed by atoms with Gasteiger partial charge in [-0.05, 0) is 45.0 Å². The number of hydrogen-bond acceptors (Lipinski definition) is 4. The van der Waals surface area contributed by atoms with Gasteiger partial charge in [0.1, 0.15) is 11.4 Å². The highest BCUT2D eigenvalue weighted by atomic mass is 19.1. The molecule has 3 heterocycles. The molecule has 1 amide bonds. The Bertz CT molecular complexity index is 903. The average Bonchev–Trinajstić information content (AvgIpc) is 3.19. The van der Waals surface area contributed by atoms with Crippen molar-refractivity contribution >= 4 is 22.7 Å². The maximum atomic E-state index is 13.6. The molecular weight excluding hydrogens is 321 g/mol. The van der Waals surface area contributed by atoms with Crippen molar-refractivity contribution in [2.45, 2.75) is 38.0 Å². The summed E-state index contributed by atoms with van der Waals surface area (Å²) in [6.45, 7) is 6.37. The Morgan fingerprint density at radius 3 is 2.92 bits per heavy atom. The van der Waals surface area contributed by atoms with Crippen LogP contribution in [0.25, 0.3) is 10.9 Å². The lowest BCUT2D eigenvalue weighted by Crippen LogP contribution is -2.37. The van der Waals surface area contributed by atoms with E-state index in [0.29, 0.717) is 11.8 Å². The lowest BCUT2D eigenvalue weighted by atomic mass is 10.1. The molecule has 6 heteroatoms. The summed E-state index contributed by atoms with van der Waals surface area (Å²) < 4.78 is 19.2. The maximum absolute atomic E-state index is 13.6. The minimum absolute atomic E-state index is 0.0580. The zero-order valence-electron chi connectivity index (χ0n) is 14.4. The van der Waals surface area contributed by atoms with Gasteiger partial charge in [-0.25, -0.2) is 9.18 Å². The van der Waals surface area contributed by atoms with Gasteiger partial charge in [-0.3, -0.25) is 4.98 Å². The van der Waals surface area contributed by atoms with Gasteiger partial charge in [-0.15, -0.1) is 0 Å². The number of ether oxygens (including phenoxy) is 1. The first-order chi connectivity index (χ1) is 11.8. The van der Waals surface area contributed by atoms with Gasteiger partial charge in [0.15, 0.2) is 0 Å². The molecule has 2 aliphatic heterocycles. The minimum Gasteiger partial charge on any atom is -0.444 e. The monoisotopic (exact) mass is 341 g/mol. The predicted octanol–water partition coefficient (Wildman–Crippen LogP) is 3.40. The van der Waals surface area contributed by atoms with Gasteiger partial charge < -0.3 is 15.0 Å². The quantitative estimate of drug-likeness (QED) is 0.910. The smallest absolute Gasteiger partial charge is 0.410 e. The van der Waals surface area contributed by atoms with Crippen molar-refractivity contribution in [1.82, 2.24) is 9.88 Å². The number of anilines is 1. The van der Waals surface area contributed by atoms with Crippen LogP contribution in [0.15, 0.2) is 30.5 Å². The Labute approximate surface area is 145 Å². The predicted molar refractivity (Wildman–Crippen MR) is 91.8 cm³/mol. The van der Waals surface area contributed by atoms with Gasteiger partial charge in [-0.2, -0.15) is 0 Å². The molecule has 2 aliphatic carbocycles. The Hall–Kier alpha value is -2.37. The molecule has 1 N–H and O–H groups in total. The van der Waals surface area contributed by atoms with Crippen molar-refractivity contribution in [2.24, 2.45) is 11.8 Å². The van der Waals surface area contributed by atoms with Crippen LogP contribution in [0.2, 0.25) is 0 Å². The molecule has 4 aliphatic rings. The van der Waals surface area contributed by atoms with Crippen LogP contribution in [0.3, 0.4) is 0 Å². The zero-order chi connectivity index (χ0) is 17.6. The van der Waals surface area contributed by atoms with Gasteiger partial charge in [0.25, 0.3) is 0 Å². The second-order valence-electron chi connectivity index (χ2n) is 8.29.